The van der Waals surface area contributed by atoms with Gasteiger partial charge in [-0.15, -0.1) is 0 Å². The van der Waals surface area contributed by atoms with Crippen molar-refractivity contribution in [1.82, 2.24) is 20.5 Å². The molecular weight excluding hydrogens is 224 g/mol. The number of amides is 1. The maximum Gasteiger partial charge on any atom is 0.252 e. The molecule has 0 unspecified atom stereocenters. The van der Waals surface area contributed by atoms with Crippen LogP contribution in [-0.4, -0.2) is 27.6 Å². The minimum absolute atomic E-state index is 0.0294. The smallest absolute Gasteiger partial charge is 0.252 e. The summed E-state index contributed by atoms with van der Waals surface area (Å²) in [5.41, 5.74) is 1.77. The standard InChI is InChI=1S/C10H12N4OS/c1-7-4-16-5-8(7)10(15)11-3-2-9-12-6-13-14-9/h4-6H,2-3H2,1H3,(H,11,15)(H,12,13,14). The fraction of sp³-hybridized carbons (Fsp3) is 0.300. The number of aromatic amines is 1. The van der Waals surface area contributed by atoms with E-state index in [1.807, 2.05) is 17.7 Å². The number of carbonyl (C=O) groups is 1. The fourth-order valence-electron chi connectivity index (χ4n) is 1.33. The molecule has 0 aliphatic heterocycles. The monoisotopic (exact) mass is 236 g/mol. The Hall–Kier alpha value is -1.69. The summed E-state index contributed by atoms with van der Waals surface area (Å²) in [7, 11) is 0. The summed E-state index contributed by atoms with van der Waals surface area (Å²) in [6.07, 6.45) is 2.12. The molecule has 0 fully saturated rings. The van der Waals surface area contributed by atoms with Gasteiger partial charge in [-0.05, 0) is 17.9 Å². The second kappa shape index (κ2) is 4.89. The summed E-state index contributed by atoms with van der Waals surface area (Å²) in [6, 6.07) is 0. The molecule has 2 rings (SSSR count). The summed E-state index contributed by atoms with van der Waals surface area (Å²) < 4.78 is 0. The van der Waals surface area contributed by atoms with Gasteiger partial charge in [-0.2, -0.15) is 16.4 Å². The molecule has 2 aromatic heterocycles. The first-order valence-corrected chi connectivity index (χ1v) is 5.87. The van der Waals surface area contributed by atoms with E-state index in [4.69, 9.17) is 0 Å². The van der Waals surface area contributed by atoms with E-state index < -0.39 is 0 Å². The van der Waals surface area contributed by atoms with Crippen LogP contribution in [0.4, 0.5) is 0 Å². The van der Waals surface area contributed by atoms with Gasteiger partial charge in [0.05, 0.1) is 5.56 Å². The topological polar surface area (TPSA) is 70.7 Å². The minimum atomic E-state index is -0.0294. The van der Waals surface area contributed by atoms with Crippen molar-refractivity contribution in [2.75, 3.05) is 6.54 Å². The van der Waals surface area contributed by atoms with E-state index in [2.05, 4.69) is 20.5 Å². The first kappa shape index (κ1) is 10.8. The Morgan fingerprint density at radius 1 is 1.56 bits per heavy atom. The molecule has 0 aliphatic carbocycles. The zero-order valence-corrected chi connectivity index (χ0v) is 9.67. The van der Waals surface area contributed by atoms with Gasteiger partial charge in [0.15, 0.2) is 0 Å². The SMILES string of the molecule is Cc1cscc1C(=O)NCCc1ncn[nH]1. The second-order valence-electron chi connectivity index (χ2n) is 3.41. The molecule has 6 heteroatoms. The Labute approximate surface area is 96.9 Å². The molecule has 1 amide bonds. The van der Waals surface area contributed by atoms with Gasteiger partial charge < -0.3 is 5.32 Å². The van der Waals surface area contributed by atoms with Crippen molar-refractivity contribution in [3.63, 3.8) is 0 Å². The van der Waals surface area contributed by atoms with E-state index >= 15 is 0 Å². The van der Waals surface area contributed by atoms with Gasteiger partial charge in [-0.1, -0.05) is 0 Å². The molecule has 0 saturated heterocycles. The molecule has 2 aromatic rings. The minimum Gasteiger partial charge on any atom is -0.352 e. The van der Waals surface area contributed by atoms with Gasteiger partial charge in [-0.3, -0.25) is 9.89 Å². The molecule has 2 heterocycles. The second-order valence-corrected chi connectivity index (χ2v) is 4.15. The van der Waals surface area contributed by atoms with E-state index in [9.17, 15) is 4.79 Å². The number of H-pyrrole nitrogens is 1. The van der Waals surface area contributed by atoms with Gasteiger partial charge in [-0.25, -0.2) is 4.98 Å². The fourth-order valence-corrected chi connectivity index (χ4v) is 2.16. The Kier molecular flexibility index (Phi) is 3.31. The molecule has 0 atom stereocenters. The zero-order chi connectivity index (χ0) is 11.4. The molecule has 5 nitrogen and oxygen atoms in total. The molecule has 0 saturated carbocycles. The van der Waals surface area contributed by atoms with E-state index in [1.165, 1.54) is 17.7 Å². The van der Waals surface area contributed by atoms with Gasteiger partial charge in [0, 0.05) is 18.3 Å². The van der Waals surface area contributed by atoms with Gasteiger partial charge in [0.2, 0.25) is 0 Å². The van der Waals surface area contributed by atoms with Crippen molar-refractivity contribution < 1.29 is 4.79 Å². The lowest BCUT2D eigenvalue weighted by atomic mass is 10.2. The third kappa shape index (κ3) is 2.46. The molecule has 0 aromatic carbocycles. The van der Waals surface area contributed by atoms with Crippen LogP contribution in [-0.2, 0) is 6.42 Å². The Morgan fingerprint density at radius 2 is 2.44 bits per heavy atom. The van der Waals surface area contributed by atoms with Crippen molar-refractivity contribution in [1.29, 1.82) is 0 Å². The number of carbonyl (C=O) groups excluding carboxylic acids is 1. The van der Waals surface area contributed by atoms with Crippen molar-refractivity contribution in [2.24, 2.45) is 0 Å². The highest BCUT2D eigenvalue weighted by Gasteiger charge is 2.08. The number of hydrogen-bond donors (Lipinski definition) is 2. The van der Waals surface area contributed by atoms with Crippen LogP contribution in [0.3, 0.4) is 0 Å². The van der Waals surface area contributed by atoms with Crippen LogP contribution in [0.2, 0.25) is 0 Å². The molecule has 16 heavy (non-hydrogen) atoms. The first-order chi connectivity index (χ1) is 7.77. The lowest BCUT2D eigenvalue weighted by Crippen LogP contribution is -2.26. The summed E-state index contributed by atoms with van der Waals surface area (Å²) in [6.45, 7) is 2.49. The lowest BCUT2D eigenvalue weighted by Gasteiger charge is -2.02. The van der Waals surface area contributed by atoms with E-state index in [0.29, 0.717) is 13.0 Å². The van der Waals surface area contributed by atoms with Crippen LogP contribution in [0.25, 0.3) is 0 Å². The van der Waals surface area contributed by atoms with Crippen molar-refractivity contribution in [2.45, 2.75) is 13.3 Å². The Bertz CT molecular complexity index is 463. The van der Waals surface area contributed by atoms with Crippen LogP contribution in [0.15, 0.2) is 17.1 Å². The van der Waals surface area contributed by atoms with Crippen LogP contribution in [0.5, 0.6) is 0 Å². The summed E-state index contributed by atoms with van der Waals surface area (Å²) >= 11 is 1.54. The number of nitrogens with zero attached hydrogens (tertiary/aromatic N) is 2. The average molecular weight is 236 g/mol. The third-order valence-electron chi connectivity index (χ3n) is 2.21. The van der Waals surface area contributed by atoms with Crippen molar-refractivity contribution >= 4 is 17.2 Å². The normalized spacial score (nSPS) is 10.3. The summed E-state index contributed by atoms with van der Waals surface area (Å²) in [5.74, 6) is 0.751. The number of hydrogen-bond acceptors (Lipinski definition) is 4. The van der Waals surface area contributed by atoms with Crippen LogP contribution < -0.4 is 5.32 Å². The number of rotatable bonds is 4. The summed E-state index contributed by atoms with van der Waals surface area (Å²) in [5, 5.41) is 13.2. The molecule has 0 aliphatic rings. The van der Waals surface area contributed by atoms with Crippen LogP contribution in [0.1, 0.15) is 21.7 Å². The molecule has 2 N–H and O–H groups in total. The Balaban J connectivity index is 1.83. The average Bonchev–Trinajstić information content (AvgIpc) is 2.88. The van der Waals surface area contributed by atoms with E-state index in [1.54, 1.807) is 0 Å². The molecule has 0 bridgehead atoms. The largest absolute Gasteiger partial charge is 0.352 e. The molecule has 0 spiro atoms. The number of thiophene rings is 1. The van der Waals surface area contributed by atoms with Gasteiger partial charge in [0.1, 0.15) is 12.2 Å². The third-order valence-corrected chi connectivity index (χ3v) is 3.07. The van der Waals surface area contributed by atoms with Crippen molar-refractivity contribution in [3.8, 4) is 0 Å². The quantitative estimate of drug-likeness (QED) is 0.836. The first-order valence-electron chi connectivity index (χ1n) is 4.92. The number of aryl methyl sites for hydroxylation is 1. The van der Waals surface area contributed by atoms with Gasteiger partial charge in [0.25, 0.3) is 5.91 Å². The maximum atomic E-state index is 11.7. The lowest BCUT2D eigenvalue weighted by molar-refractivity contribution is 0.0954. The predicted molar refractivity (Wildman–Crippen MR) is 61.5 cm³/mol. The number of nitrogens with one attached hydrogen (secondary N) is 2. The molecular formula is C10H12N4OS. The molecule has 84 valence electrons. The molecule has 0 radical (unpaired) electrons. The van der Waals surface area contributed by atoms with Crippen molar-refractivity contribution in [3.05, 3.63) is 34.0 Å². The van der Waals surface area contributed by atoms with Gasteiger partial charge >= 0.3 is 0 Å². The Morgan fingerprint density at radius 3 is 3.06 bits per heavy atom. The zero-order valence-electron chi connectivity index (χ0n) is 8.86. The van der Waals surface area contributed by atoms with E-state index in [0.717, 1.165) is 17.0 Å². The van der Waals surface area contributed by atoms with E-state index in [-0.39, 0.29) is 5.91 Å². The highest BCUT2D eigenvalue weighted by Crippen LogP contribution is 2.12. The maximum absolute atomic E-state index is 11.7. The van der Waals surface area contributed by atoms with Crippen LogP contribution >= 0.6 is 11.3 Å². The highest BCUT2D eigenvalue weighted by atomic mass is 32.1. The highest BCUT2D eigenvalue weighted by molar-refractivity contribution is 7.08. The summed E-state index contributed by atoms with van der Waals surface area (Å²) in [4.78, 5) is 15.7. The predicted octanol–water partition coefficient (Wildman–Crippen LogP) is 1.15. The van der Waals surface area contributed by atoms with Crippen LogP contribution in [0, 0.1) is 6.92 Å². The number of aromatic nitrogens is 3.